The third-order valence-electron chi connectivity index (χ3n) is 6.82. The van der Waals surface area contributed by atoms with Gasteiger partial charge in [0.2, 0.25) is 0 Å². The third kappa shape index (κ3) is 5.32. The molecule has 1 fully saturated rings. The molecular formula is C27H29F4N3O2. The summed E-state index contributed by atoms with van der Waals surface area (Å²) in [6.45, 7) is 2.92. The number of pyridine rings is 1. The van der Waals surface area contributed by atoms with Gasteiger partial charge in [-0.25, -0.2) is 17.6 Å². The van der Waals surface area contributed by atoms with E-state index in [-0.39, 0.29) is 17.8 Å². The molecule has 1 saturated heterocycles. The lowest BCUT2D eigenvalue weighted by Crippen LogP contribution is -2.65. The van der Waals surface area contributed by atoms with E-state index in [1.54, 1.807) is 6.07 Å². The lowest BCUT2D eigenvalue weighted by atomic mass is 9.82. The first-order valence-electron chi connectivity index (χ1n) is 11.9. The number of nitrogens with zero attached hydrogens (tertiary/aromatic N) is 2. The van der Waals surface area contributed by atoms with Gasteiger partial charge in [0.05, 0.1) is 23.1 Å². The quantitative estimate of drug-likeness (QED) is 0.376. The van der Waals surface area contributed by atoms with Crippen LogP contribution < -0.4 is 10.2 Å². The Kier molecular flexibility index (Phi) is 7.80. The molecule has 1 aliphatic heterocycles. The van der Waals surface area contributed by atoms with Crippen LogP contribution in [0.1, 0.15) is 30.9 Å². The molecule has 192 valence electrons. The van der Waals surface area contributed by atoms with Gasteiger partial charge in [0, 0.05) is 31.3 Å². The van der Waals surface area contributed by atoms with Gasteiger partial charge in [0.15, 0.2) is 11.6 Å². The maximum atomic E-state index is 14.4. The molecule has 0 bridgehead atoms. The number of halogens is 4. The van der Waals surface area contributed by atoms with Crippen molar-refractivity contribution in [1.29, 1.82) is 0 Å². The van der Waals surface area contributed by atoms with Gasteiger partial charge in [0.1, 0.15) is 11.9 Å². The van der Waals surface area contributed by atoms with Gasteiger partial charge in [-0.3, -0.25) is 4.98 Å². The molecule has 0 aliphatic carbocycles. The van der Waals surface area contributed by atoms with E-state index in [0.717, 1.165) is 17.2 Å². The molecule has 1 aliphatic rings. The summed E-state index contributed by atoms with van der Waals surface area (Å²) >= 11 is 0. The summed E-state index contributed by atoms with van der Waals surface area (Å²) in [4.78, 5) is 6.24. The number of alkyl halides is 2. The first-order chi connectivity index (χ1) is 17.2. The summed E-state index contributed by atoms with van der Waals surface area (Å²) < 4.78 is 55.9. The lowest BCUT2D eigenvalue weighted by Gasteiger charge is -2.47. The van der Waals surface area contributed by atoms with Crippen LogP contribution in [0.2, 0.25) is 0 Å². The van der Waals surface area contributed by atoms with Crippen molar-refractivity contribution in [2.45, 2.75) is 50.8 Å². The number of aliphatic hydroxyl groups excluding tert-OH is 1. The van der Waals surface area contributed by atoms with Crippen LogP contribution in [0.4, 0.5) is 23.2 Å². The Bertz CT molecular complexity index is 1200. The SMILES string of the molecule is CCc1cc(-c2cc(F)c(O)cc2F)ncc1N1CCC[C@](NCc2ccccc2)([C@H](O)C(F)F)C1. The fourth-order valence-corrected chi connectivity index (χ4v) is 4.83. The molecule has 4 rings (SSSR count). The number of hydrogen-bond acceptors (Lipinski definition) is 5. The Hall–Kier alpha value is -3.17. The molecule has 9 heteroatoms. The predicted octanol–water partition coefficient (Wildman–Crippen LogP) is 5.05. The normalized spacial score (nSPS) is 19.0. The smallest absolute Gasteiger partial charge is 0.265 e. The second kappa shape index (κ2) is 10.8. The molecule has 2 atom stereocenters. The molecule has 3 N–H and O–H groups in total. The van der Waals surface area contributed by atoms with Crippen LogP contribution >= 0.6 is 0 Å². The average molecular weight is 504 g/mol. The molecule has 0 spiro atoms. The van der Waals surface area contributed by atoms with E-state index >= 15 is 0 Å². The second-order valence-corrected chi connectivity index (χ2v) is 9.13. The predicted molar refractivity (Wildman–Crippen MR) is 130 cm³/mol. The molecule has 3 aromatic rings. The van der Waals surface area contributed by atoms with E-state index < -0.39 is 35.5 Å². The molecule has 0 amide bonds. The molecule has 0 saturated carbocycles. The Labute approximate surface area is 207 Å². The first-order valence-corrected chi connectivity index (χ1v) is 11.9. The van der Waals surface area contributed by atoms with Gasteiger partial charge in [0.25, 0.3) is 6.43 Å². The Morgan fingerprint density at radius 3 is 2.56 bits per heavy atom. The summed E-state index contributed by atoms with van der Waals surface area (Å²) in [7, 11) is 0. The molecule has 2 heterocycles. The van der Waals surface area contributed by atoms with E-state index in [1.165, 1.54) is 6.20 Å². The molecule has 0 radical (unpaired) electrons. The van der Waals surface area contributed by atoms with Crippen LogP contribution in [0.15, 0.2) is 54.7 Å². The summed E-state index contributed by atoms with van der Waals surface area (Å²) in [5, 5.41) is 23.2. The zero-order valence-electron chi connectivity index (χ0n) is 19.9. The minimum atomic E-state index is -2.92. The van der Waals surface area contributed by atoms with E-state index in [9.17, 15) is 27.8 Å². The van der Waals surface area contributed by atoms with Gasteiger partial charge < -0.3 is 20.4 Å². The third-order valence-corrected chi connectivity index (χ3v) is 6.82. The minimum Gasteiger partial charge on any atom is -0.505 e. The topological polar surface area (TPSA) is 68.6 Å². The summed E-state index contributed by atoms with van der Waals surface area (Å²) in [6.07, 6.45) is -1.81. The highest BCUT2D eigenvalue weighted by molar-refractivity contribution is 5.66. The van der Waals surface area contributed by atoms with Crippen molar-refractivity contribution in [1.82, 2.24) is 10.3 Å². The van der Waals surface area contributed by atoms with Crippen LogP contribution in [-0.2, 0) is 13.0 Å². The fourth-order valence-electron chi connectivity index (χ4n) is 4.83. The summed E-state index contributed by atoms with van der Waals surface area (Å²) in [5.74, 6) is -2.55. The monoisotopic (exact) mass is 503 g/mol. The summed E-state index contributed by atoms with van der Waals surface area (Å²) in [6, 6.07) is 12.6. The van der Waals surface area contributed by atoms with Crippen molar-refractivity contribution in [3.05, 3.63) is 77.5 Å². The number of aryl methyl sites for hydroxylation is 1. The first kappa shape index (κ1) is 25.9. The number of anilines is 1. The van der Waals surface area contributed by atoms with Crippen LogP contribution in [-0.4, -0.2) is 46.4 Å². The number of benzene rings is 2. The lowest BCUT2D eigenvalue weighted by molar-refractivity contribution is -0.0657. The number of aliphatic hydroxyl groups is 1. The largest absolute Gasteiger partial charge is 0.505 e. The zero-order chi connectivity index (χ0) is 25.9. The van der Waals surface area contributed by atoms with Crippen molar-refractivity contribution >= 4 is 5.69 Å². The molecular weight excluding hydrogens is 474 g/mol. The Balaban J connectivity index is 1.64. The number of piperidine rings is 1. The Morgan fingerprint density at radius 1 is 1.11 bits per heavy atom. The van der Waals surface area contributed by atoms with E-state index in [1.807, 2.05) is 42.2 Å². The average Bonchev–Trinajstić information content (AvgIpc) is 2.89. The molecule has 36 heavy (non-hydrogen) atoms. The van der Waals surface area contributed by atoms with Crippen LogP contribution in [0.5, 0.6) is 5.75 Å². The van der Waals surface area contributed by atoms with E-state index in [4.69, 9.17) is 0 Å². The maximum Gasteiger partial charge on any atom is 0.265 e. The van der Waals surface area contributed by atoms with Crippen LogP contribution in [0.25, 0.3) is 11.3 Å². The van der Waals surface area contributed by atoms with Crippen molar-refractivity contribution in [3.8, 4) is 17.0 Å². The highest BCUT2D eigenvalue weighted by Crippen LogP contribution is 2.35. The maximum absolute atomic E-state index is 14.4. The summed E-state index contributed by atoms with van der Waals surface area (Å²) in [5.41, 5.74) is 1.24. The molecule has 0 unspecified atom stereocenters. The van der Waals surface area contributed by atoms with Gasteiger partial charge in [-0.2, -0.15) is 0 Å². The molecule has 5 nitrogen and oxygen atoms in total. The fraction of sp³-hybridized carbons (Fsp3) is 0.370. The number of phenols is 1. The van der Waals surface area contributed by atoms with Crippen LogP contribution in [0, 0.1) is 11.6 Å². The zero-order valence-corrected chi connectivity index (χ0v) is 19.9. The van der Waals surface area contributed by atoms with Crippen molar-refractivity contribution in [2.75, 3.05) is 18.0 Å². The molecule has 1 aromatic heterocycles. The van der Waals surface area contributed by atoms with Crippen molar-refractivity contribution in [3.63, 3.8) is 0 Å². The van der Waals surface area contributed by atoms with E-state index in [2.05, 4.69) is 10.3 Å². The van der Waals surface area contributed by atoms with E-state index in [0.29, 0.717) is 44.1 Å². The number of nitrogens with one attached hydrogen (secondary N) is 1. The number of rotatable bonds is 8. The second-order valence-electron chi connectivity index (χ2n) is 9.13. The minimum absolute atomic E-state index is 0.0859. The van der Waals surface area contributed by atoms with Gasteiger partial charge in [-0.05, 0) is 42.5 Å². The van der Waals surface area contributed by atoms with Crippen molar-refractivity contribution in [2.24, 2.45) is 0 Å². The number of aromatic hydroxyl groups is 1. The van der Waals surface area contributed by atoms with Crippen molar-refractivity contribution < 1.29 is 27.8 Å². The number of aromatic nitrogens is 1. The molecule has 2 aromatic carbocycles. The number of phenolic OH excluding ortho intramolecular Hbond substituents is 1. The number of hydrogen-bond donors (Lipinski definition) is 3. The Morgan fingerprint density at radius 2 is 1.86 bits per heavy atom. The highest BCUT2D eigenvalue weighted by Gasteiger charge is 2.46. The van der Waals surface area contributed by atoms with Gasteiger partial charge >= 0.3 is 0 Å². The van der Waals surface area contributed by atoms with Gasteiger partial charge in [-0.15, -0.1) is 0 Å². The standard InChI is InChI=1S/C27H29F4N3O2/c1-2-18-11-22(19-12-21(29)24(35)13-20(19)28)32-15-23(18)34-10-6-9-27(16-34,25(36)26(30)31)33-14-17-7-4-3-5-8-17/h3-5,7-8,11-13,15,25-26,33,35-36H,2,6,9-10,14,16H2,1H3/t25-,27-/m1/s1. The van der Waals surface area contributed by atoms with Crippen LogP contribution in [0.3, 0.4) is 0 Å². The highest BCUT2D eigenvalue weighted by atomic mass is 19.3. The van der Waals surface area contributed by atoms with Gasteiger partial charge in [-0.1, -0.05) is 37.3 Å².